The zero-order valence-electron chi connectivity index (χ0n) is 20.3. The lowest BCUT2D eigenvalue weighted by molar-refractivity contribution is 0.0922. The first-order chi connectivity index (χ1) is 17.4. The average Bonchev–Trinajstić information content (AvgIpc) is 3.24. The summed E-state index contributed by atoms with van der Waals surface area (Å²) in [5, 5.41) is 7.29. The van der Waals surface area contributed by atoms with Crippen LogP contribution in [0.5, 0.6) is 11.5 Å². The molecule has 0 atom stereocenters. The number of hydrogen-bond donors (Lipinski definition) is 2. The fourth-order valence-corrected chi connectivity index (χ4v) is 4.52. The summed E-state index contributed by atoms with van der Waals surface area (Å²) in [6.07, 6.45) is 5.88. The Hall–Kier alpha value is -3.66. The summed E-state index contributed by atoms with van der Waals surface area (Å²) in [6, 6.07) is 7.34. The van der Waals surface area contributed by atoms with Gasteiger partial charge in [0.2, 0.25) is 0 Å². The summed E-state index contributed by atoms with van der Waals surface area (Å²) in [7, 11) is 3.18. The van der Waals surface area contributed by atoms with E-state index in [1.807, 2.05) is 25.1 Å². The van der Waals surface area contributed by atoms with Gasteiger partial charge in [0, 0.05) is 41.0 Å². The van der Waals surface area contributed by atoms with Gasteiger partial charge in [-0.1, -0.05) is 6.07 Å². The first-order valence-electron chi connectivity index (χ1n) is 11.5. The molecule has 0 aliphatic heterocycles. The van der Waals surface area contributed by atoms with Gasteiger partial charge in [-0.05, 0) is 65.9 Å². The molecule has 0 bridgehead atoms. The number of aryl methyl sites for hydroxylation is 1. The van der Waals surface area contributed by atoms with Crippen molar-refractivity contribution in [1.29, 1.82) is 0 Å². The van der Waals surface area contributed by atoms with Crippen molar-refractivity contribution in [2.24, 2.45) is 5.10 Å². The number of halogens is 1. The van der Waals surface area contributed by atoms with Crippen molar-refractivity contribution in [1.82, 2.24) is 15.7 Å². The number of amides is 2. The molecule has 10 heteroatoms. The molecule has 3 aromatic rings. The third-order valence-corrected chi connectivity index (χ3v) is 6.37. The Labute approximate surface area is 217 Å². The molecule has 1 aliphatic rings. The maximum atomic E-state index is 12.9. The number of aromatic nitrogens is 1. The molecule has 1 aromatic carbocycles. The summed E-state index contributed by atoms with van der Waals surface area (Å²) >= 11 is 3.31. The van der Waals surface area contributed by atoms with Crippen molar-refractivity contribution >= 4 is 33.5 Å². The minimum absolute atomic E-state index is 0.268. The topological polar surface area (TPSA) is 115 Å². The molecule has 0 saturated heterocycles. The fraction of sp³-hybridized carbons (Fsp3) is 0.308. The number of fused-ring (bicyclic) bond motifs is 1. The second kappa shape index (κ2) is 11.4. The molecule has 2 heterocycles. The molecule has 4 rings (SSSR count). The third-order valence-electron chi connectivity index (χ3n) is 5.94. The molecule has 0 fully saturated rings. The van der Waals surface area contributed by atoms with Crippen LogP contribution in [0.2, 0.25) is 0 Å². The van der Waals surface area contributed by atoms with Gasteiger partial charge >= 0.3 is 0 Å². The molecule has 1 aliphatic carbocycles. The van der Waals surface area contributed by atoms with Gasteiger partial charge < -0.3 is 19.2 Å². The Morgan fingerprint density at radius 2 is 1.92 bits per heavy atom. The van der Waals surface area contributed by atoms with Crippen LogP contribution >= 0.6 is 15.9 Å². The lowest BCUT2D eigenvalue weighted by atomic mass is 9.93. The van der Waals surface area contributed by atoms with E-state index in [2.05, 4.69) is 36.8 Å². The van der Waals surface area contributed by atoms with Crippen molar-refractivity contribution in [2.75, 3.05) is 20.8 Å². The molecule has 188 valence electrons. The SMILES string of the molecule is COc1ccc(CCNC(=O)c2oc3c(c2C)/C(=N/NC(=O)c2cncc(Br)c2)CCC3)cc1OC. The molecule has 36 heavy (non-hydrogen) atoms. The normalized spacial score (nSPS) is 13.7. The van der Waals surface area contributed by atoms with Gasteiger partial charge in [-0.25, -0.2) is 5.43 Å². The highest BCUT2D eigenvalue weighted by atomic mass is 79.9. The summed E-state index contributed by atoms with van der Waals surface area (Å²) in [4.78, 5) is 29.4. The maximum absolute atomic E-state index is 12.9. The largest absolute Gasteiger partial charge is 0.493 e. The van der Waals surface area contributed by atoms with E-state index in [1.54, 1.807) is 26.5 Å². The number of carbonyl (C=O) groups excluding carboxylic acids is 2. The highest BCUT2D eigenvalue weighted by molar-refractivity contribution is 9.10. The molecular weight excluding hydrogens is 528 g/mol. The summed E-state index contributed by atoms with van der Waals surface area (Å²) in [5.41, 5.74) is 6.20. The Morgan fingerprint density at radius 3 is 2.67 bits per heavy atom. The molecule has 0 saturated carbocycles. The van der Waals surface area contributed by atoms with Crippen LogP contribution in [0.4, 0.5) is 0 Å². The molecule has 0 radical (unpaired) electrons. The van der Waals surface area contributed by atoms with Gasteiger partial charge in [-0.2, -0.15) is 5.10 Å². The quantitative estimate of drug-likeness (QED) is 0.403. The van der Waals surface area contributed by atoms with Gasteiger partial charge in [0.25, 0.3) is 11.8 Å². The van der Waals surface area contributed by atoms with Gasteiger partial charge in [-0.3, -0.25) is 14.6 Å². The van der Waals surface area contributed by atoms with Crippen molar-refractivity contribution < 1.29 is 23.5 Å². The zero-order chi connectivity index (χ0) is 25.7. The second-order valence-corrected chi connectivity index (χ2v) is 9.21. The van der Waals surface area contributed by atoms with Crippen LogP contribution in [0.15, 0.2) is 50.7 Å². The predicted molar refractivity (Wildman–Crippen MR) is 138 cm³/mol. The number of rotatable bonds is 8. The van der Waals surface area contributed by atoms with E-state index in [0.717, 1.165) is 17.5 Å². The van der Waals surface area contributed by atoms with E-state index >= 15 is 0 Å². The Balaban J connectivity index is 1.43. The Kier molecular flexibility index (Phi) is 8.04. The molecule has 2 amide bonds. The van der Waals surface area contributed by atoms with Gasteiger partial charge in [0.15, 0.2) is 17.3 Å². The summed E-state index contributed by atoms with van der Waals surface area (Å²) in [6.45, 7) is 2.27. The lowest BCUT2D eigenvalue weighted by Gasteiger charge is -2.13. The van der Waals surface area contributed by atoms with Crippen molar-refractivity contribution in [3.63, 3.8) is 0 Å². The van der Waals surface area contributed by atoms with Gasteiger partial charge in [0.05, 0.1) is 25.5 Å². The number of methoxy groups -OCH3 is 2. The van der Waals surface area contributed by atoms with Gasteiger partial charge in [0.1, 0.15) is 5.76 Å². The number of ether oxygens (including phenoxy) is 2. The first-order valence-corrected chi connectivity index (χ1v) is 12.3. The summed E-state index contributed by atoms with van der Waals surface area (Å²) in [5.74, 6) is 1.63. The molecule has 0 spiro atoms. The number of furan rings is 1. The predicted octanol–water partition coefficient (Wildman–Crippen LogP) is 4.21. The number of carbonyl (C=O) groups is 2. The monoisotopic (exact) mass is 554 g/mol. The van der Waals surface area contributed by atoms with Crippen LogP contribution in [0.3, 0.4) is 0 Å². The van der Waals surface area contributed by atoms with E-state index in [4.69, 9.17) is 13.9 Å². The van der Waals surface area contributed by atoms with Crippen LogP contribution in [-0.4, -0.2) is 43.3 Å². The second-order valence-electron chi connectivity index (χ2n) is 8.29. The van der Waals surface area contributed by atoms with Crippen LogP contribution in [0, 0.1) is 6.92 Å². The van der Waals surface area contributed by atoms with Crippen LogP contribution in [-0.2, 0) is 12.8 Å². The number of hydrazone groups is 1. The third kappa shape index (κ3) is 5.59. The van der Waals surface area contributed by atoms with Crippen molar-refractivity contribution in [3.05, 3.63) is 74.9 Å². The van der Waals surface area contributed by atoms with Gasteiger partial charge in [-0.15, -0.1) is 0 Å². The summed E-state index contributed by atoms with van der Waals surface area (Å²) < 4.78 is 17.3. The van der Waals surface area contributed by atoms with Crippen LogP contribution in [0.1, 0.15) is 56.2 Å². The number of benzene rings is 1. The maximum Gasteiger partial charge on any atom is 0.287 e. The number of hydrogen-bond acceptors (Lipinski definition) is 7. The minimum atomic E-state index is -0.363. The van der Waals surface area contributed by atoms with Crippen LogP contribution < -0.4 is 20.2 Å². The van der Waals surface area contributed by atoms with E-state index in [-0.39, 0.29) is 17.6 Å². The van der Waals surface area contributed by atoms with Crippen molar-refractivity contribution in [3.8, 4) is 11.5 Å². The lowest BCUT2D eigenvalue weighted by Crippen LogP contribution is -2.26. The fourth-order valence-electron chi connectivity index (χ4n) is 4.15. The highest BCUT2D eigenvalue weighted by Crippen LogP contribution is 2.30. The van der Waals surface area contributed by atoms with E-state index in [1.165, 1.54) is 6.20 Å². The molecular formula is C26H27BrN4O5. The van der Waals surface area contributed by atoms with E-state index < -0.39 is 0 Å². The molecule has 9 nitrogen and oxygen atoms in total. The van der Waals surface area contributed by atoms with E-state index in [9.17, 15) is 9.59 Å². The van der Waals surface area contributed by atoms with E-state index in [0.29, 0.717) is 64.4 Å². The number of nitrogens with zero attached hydrogens (tertiary/aromatic N) is 2. The van der Waals surface area contributed by atoms with Crippen molar-refractivity contribution in [2.45, 2.75) is 32.6 Å². The molecule has 2 aromatic heterocycles. The Morgan fingerprint density at radius 1 is 1.11 bits per heavy atom. The smallest absolute Gasteiger partial charge is 0.287 e. The van der Waals surface area contributed by atoms with Crippen LogP contribution in [0.25, 0.3) is 0 Å². The molecule has 0 unspecified atom stereocenters. The standard InChI is InChI=1S/C26H27BrN4O5/c1-15-23-19(30-31-25(32)17-12-18(27)14-28-13-17)5-4-6-21(23)36-24(15)26(33)29-10-9-16-7-8-20(34-2)22(11-16)35-3/h7-8,11-14H,4-6,9-10H2,1-3H3,(H,29,33)(H,31,32)/b30-19+. The Bertz CT molecular complexity index is 1320. The molecule has 2 N–H and O–H groups in total. The highest BCUT2D eigenvalue weighted by Gasteiger charge is 2.28. The number of nitrogens with one attached hydrogen (secondary N) is 2. The average molecular weight is 555 g/mol. The zero-order valence-corrected chi connectivity index (χ0v) is 21.9. The minimum Gasteiger partial charge on any atom is -0.493 e. The number of pyridine rings is 1. The first kappa shape index (κ1) is 25.4.